The number of rotatable bonds is 1. The number of nitrogens with zero attached hydrogens (tertiary/aromatic N) is 4. The molecule has 5 nitrogen and oxygen atoms in total. The molecular formula is C7H7N5. The van der Waals surface area contributed by atoms with Crippen LogP contribution in [0.25, 0.3) is 5.82 Å². The Kier molecular flexibility index (Phi) is 1.48. The lowest BCUT2D eigenvalue weighted by Crippen LogP contribution is -1.96. The molecule has 60 valence electrons. The minimum Gasteiger partial charge on any atom is -0.381 e. The van der Waals surface area contributed by atoms with E-state index in [1.807, 2.05) is 18.2 Å². The van der Waals surface area contributed by atoms with Crippen molar-refractivity contribution >= 4 is 5.82 Å². The molecule has 0 aliphatic rings. The molecule has 0 spiro atoms. The van der Waals surface area contributed by atoms with Crippen molar-refractivity contribution in [2.24, 2.45) is 0 Å². The van der Waals surface area contributed by atoms with Crippen LogP contribution in [0.3, 0.4) is 0 Å². The lowest BCUT2D eigenvalue weighted by atomic mass is 10.5. The fraction of sp³-hybridized carbons (Fsp3) is 0. The predicted molar refractivity (Wildman–Crippen MR) is 43.6 cm³/mol. The first kappa shape index (κ1) is 6.78. The largest absolute Gasteiger partial charge is 0.381 e. The topological polar surface area (TPSA) is 69.6 Å². The normalized spacial score (nSPS) is 10.0. The number of aromatic nitrogens is 4. The SMILES string of the molecule is Nc1cn(-c2ccccn2)nn1. The van der Waals surface area contributed by atoms with Crippen LogP contribution in [0.2, 0.25) is 0 Å². The standard InChI is InChI=1S/C7H7N5/c8-6-5-12(11-10-6)7-3-1-2-4-9-7/h1-5H,8H2. The zero-order chi connectivity index (χ0) is 8.39. The minimum atomic E-state index is 0.389. The van der Waals surface area contributed by atoms with Crippen LogP contribution in [0, 0.1) is 0 Å². The number of nitrogens with two attached hydrogens (primary N) is 1. The van der Waals surface area contributed by atoms with Gasteiger partial charge in [-0.3, -0.25) is 0 Å². The Morgan fingerprint density at radius 1 is 1.33 bits per heavy atom. The molecule has 0 unspecified atom stereocenters. The van der Waals surface area contributed by atoms with Gasteiger partial charge in [0.15, 0.2) is 11.6 Å². The monoisotopic (exact) mass is 161 g/mol. The summed E-state index contributed by atoms with van der Waals surface area (Å²) in [6.45, 7) is 0. The summed E-state index contributed by atoms with van der Waals surface area (Å²) in [5.41, 5.74) is 5.39. The molecule has 0 bridgehead atoms. The molecule has 0 fully saturated rings. The highest BCUT2D eigenvalue weighted by atomic mass is 15.4. The molecule has 2 aromatic heterocycles. The third-order valence-electron chi connectivity index (χ3n) is 1.40. The van der Waals surface area contributed by atoms with E-state index in [-0.39, 0.29) is 0 Å². The molecule has 0 saturated heterocycles. The summed E-state index contributed by atoms with van der Waals surface area (Å²) in [6, 6.07) is 5.54. The van der Waals surface area contributed by atoms with Gasteiger partial charge < -0.3 is 5.73 Å². The maximum Gasteiger partial charge on any atom is 0.166 e. The molecule has 5 heteroatoms. The summed E-state index contributed by atoms with van der Waals surface area (Å²) >= 11 is 0. The molecule has 0 saturated carbocycles. The molecule has 12 heavy (non-hydrogen) atoms. The van der Waals surface area contributed by atoms with Gasteiger partial charge in [0.1, 0.15) is 0 Å². The first-order valence-electron chi connectivity index (χ1n) is 3.45. The summed E-state index contributed by atoms with van der Waals surface area (Å²) in [5, 5.41) is 7.41. The van der Waals surface area contributed by atoms with E-state index in [9.17, 15) is 0 Å². The van der Waals surface area contributed by atoms with Crippen molar-refractivity contribution in [3.63, 3.8) is 0 Å². The maximum absolute atomic E-state index is 5.39. The van der Waals surface area contributed by atoms with E-state index in [1.165, 1.54) is 4.68 Å². The molecule has 0 aromatic carbocycles. The van der Waals surface area contributed by atoms with E-state index in [4.69, 9.17) is 5.73 Å². The Hall–Kier alpha value is -1.91. The van der Waals surface area contributed by atoms with Crippen LogP contribution in [0.5, 0.6) is 0 Å². The lowest BCUT2D eigenvalue weighted by Gasteiger charge is -1.94. The zero-order valence-corrected chi connectivity index (χ0v) is 6.25. The van der Waals surface area contributed by atoms with E-state index in [2.05, 4.69) is 15.3 Å². The smallest absolute Gasteiger partial charge is 0.166 e. The van der Waals surface area contributed by atoms with Gasteiger partial charge in [0.2, 0.25) is 0 Å². The van der Waals surface area contributed by atoms with Crippen LogP contribution in [0.4, 0.5) is 5.82 Å². The van der Waals surface area contributed by atoms with Crippen molar-refractivity contribution < 1.29 is 0 Å². The molecule has 2 heterocycles. The predicted octanol–water partition coefficient (Wildman–Crippen LogP) is 0.244. The van der Waals surface area contributed by atoms with Crippen molar-refractivity contribution in [3.05, 3.63) is 30.6 Å². The maximum atomic E-state index is 5.39. The van der Waals surface area contributed by atoms with Gasteiger partial charge in [-0.2, -0.15) is 0 Å². The quantitative estimate of drug-likeness (QED) is 0.650. The fourth-order valence-electron chi connectivity index (χ4n) is 0.878. The summed E-state index contributed by atoms with van der Waals surface area (Å²) in [6.07, 6.45) is 3.30. The van der Waals surface area contributed by atoms with E-state index in [1.54, 1.807) is 12.4 Å². The van der Waals surface area contributed by atoms with E-state index in [0.717, 1.165) is 0 Å². The Morgan fingerprint density at radius 2 is 2.25 bits per heavy atom. The highest BCUT2D eigenvalue weighted by Gasteiger charge is 1.98. The molecule has 2 N–H and O–H groups in total. The van der Waals surface area contributed by atoms with E-state index in [0.29, 0.717) is 11.6 Å². The van der Waals surface area contributed by atoms with Crippen LogP contribution in [-0.2, 0) is 0 Å². The molecule has 0 radical (unpaired) electrons. The van der Waals surface area contributed by atoms with Crippen LogP contribution >= 0.6 is 0 Å². The number of hydrogen-bond donors (Lipinski definition) is 1. The second kappa shape index (κ2) is 2.61. The van der Waals surface area contributed by atoms with Crippen molar-refractivity contribution in [1.82, 2.24) is 20.0 Å². The van der Waals surface area contributed by atoms with Crippen molar-refractivity contribution in [2.45, 2.75) is 0 Å². The number of hydrogen-bond acceptors (Lipinski definition) is 4. The third kappa shape index (κ3) is 1.12. The van der Waals surface area contributed by atoms with Crippen LogP contribution in [0.15, 0.2) is 30.6 Å². The van der Waals surface area contributed by atoms with Crippen molar-refractivity contribution in [2.75, 3.05) is 5.73 Å². The van der Waals surface area contributed by atoms with Gasteiger partial charge in [-0.15, -0.1) is 5.10 Å². The molecule has 0 atom stereocenters. The van der Waals surface area contributed by atoms with Gasteiger partial charge in [-0.1, -0.05) is 11.3 Å². The van der Waals surface area contributed by atoms with Crippen LogP contribution < -0.4 is 5.73 Å². The molecule has 0 aliphatic heterocycles. The highest BCUT2D eigenvalue weighted by molar-refractivity contribution is 5.27. The first-order valence-corrected chi connectivity index (χ1v) is 3.45. The summed E-state index contributed by atoms with van der Waals surface area (Å²) in [5.74, 6) is 1.10. The Balaban J connectivity index is 2.45. The molecule has 0 aliphatic carbocycles. The summed E-state index contributed by atoms with van der Waals surface area (Å²) in [4.78, 5) is 4.07. The van der Waals surface area contributed by atoms with Crippen LogP contribution in [0.1, 0.15) is 0 Å². The highest BCUT2D eigenvalue weighted by Crippen LogP contribution is 2.01. The van der Waals surface area contributed by atoms with E-state index < -0.39 is 0 Å². The number of anilines is 1. The van der Waals surface area contributed by atoms with Crippen molar-refractivity contribution in [3.8, 4) is 5.82 Å². The van der Waals surface area contributed by atoms with Crippen molar-refractivity contribution in [1.29, 1.82) is 0 Å². The van der Waals surface area contributed by atoms with Gasteiger partial charge >= 0.3 is 0 Å². The lowest BCUT2D eigenvalue weighted by molar-refractivity contribution is 0.782. The molecule has 2 rings (SSSR count). The second-order valence-corrected chi connectivity index (χ2v) is 2.28. The van der Waals surface area contributed by atoms with Gasteiger partial charge in [-0.05, 0) is 12.1 Å². The Morgan fingerprint density at radius 3 is 2.83 bits per heavy atom. The van der Waals surface area contributed by atoms with Gasteiger partial charge in [0, 0.05) is 6.20 Å². The van der Waals surface area contributed by atoms with Gasteiger partial charge in [-0.25, -0.2) is 9.67 Å². The summed E-state index contributed by atoms with van der Waals surface area (Å²) in [7, 11) is 0. The van der Waals surface area contributed by atoms with Crippen LogP contribution in [-0.4, -0.2) is 20.0 Å². The minimum absolute atomic E-state index is 0.389. The van der Waals surface area contributed by atoms with Gasteiger partial charge in [0.05, 0.1) is 6.20 Å². The molecular weight excluding hydrogens is 154 g/mol. The van der Waals surface area contributed by atoms with Gasteiger partial charge in [0.25, 0.3) is 0 Å². The fourth-order valence-corrected chi connectivity index (χ4v) is 0.878. The Labute approximate surface area is 68.8 Å². The first-order chi connectivity index (χ1) is 5.86. The summed E-state index contributed by atoms with van der Waals surface area (Å²) < 4.78 is 1.52. The third-order valence-corrected chi connectivity index (χ3v) is 1.40. The Bertz CT molecular complexity index is 366. The number of pyridine rings is 1. The molecule has 2 aromatic rings. The average Bonchev–Trinajstić information content (AvgIpc) is 2.54. The zero-order valence-electron chi connectivity index (χ0n) is 6.25. The average molecular weight is 161 g/mol. The molecule has 0 amide bonds. The number of nitrogen functional groups attached to an aromatic ring is 1. The second-order valence-electron chi connectivity index (χ2n) is 2.28. The van der Waals surface area contributed by atoms with E-state index >= 15 is 0 Å².